The van der Waals surface area contributed by atoms with Gasteiger partial charge in [0.25, 0.3) is 5.91 Å². The lowest BCUT2D eigenvalue weighted by atomic mass is 9.88. The van der Waals surface area contributed by atoms with Crippen molar-refractivity contribution < 1.29 is 4.79 Å². The van der Waals surface area contributed by atoms with Crippen molar-refractivity contribution in [1.82, 2.24) is 4.90 Å². The number of rotatable bonds is 3. The van der Waals surface area contributed by atoms with Crippen molar-refractivity contribution in [1.29, 1.82) is 0 Å². The number of nitrogens with zero attached hydrogens (tertiary/aromatic N) is 1. The normalized spacial score (nSPS) is 23.3. The summed E-state index contributed by atoms with van der Waals surface area (Å²) in [5, 5.41) is 0. The maximum Gasteiger partial charge on any atom is 0.256 e. The highest BCUT2D eigenvalue weighted by molar-refractivity contribution is 6.53. The van der Waals surface area contributed by atoms with E-state index in [0.717, 1.165) is 25.7 Å². The fourth-order valence-electron chi connectivity index (χ4n) is 3.49. The van der Waals surface area contributed by atoms with Crippen LogP contribution < -0.4 is 0 Å². The number of amides is 1. The molecule has 2 aliphatic carbocycles. The average molecular weight is 292 g/mol. The van der Waals surface area contributed by atoms with E-state index in [9.17, 15) is 4.79 Å². The first-order valence-electron chi connectivity index (χ1n) is 7.30. The topological polar surface area (TPSA) is 20.3 Å². The first-order chi connectivity index (χ1) is 8.70. The Hall–Kier alpha value is 0.0500. The summed E-state index contributed by atoms with van der Waals surface area (Å²) in [7, 11) is 0. The van der Waals surface area contributed by atoms with E-state index in [1.807, 2.05) is 0 Å². The number of halogens is 2. The van der Waals surface area contributed by atoms with E-state index in [-0.39, 0.29) is 5.91 Å². The van der Waals surface area contributed by atoms with Crippen LogP contribution in [0, 0.1) is 0 Å². The molecule has 104 valence electrons. The van der Waals surface area contributed by atoms with E-state index in [1.165, 1.54) is 38.5 Å². The third-order valence-corrected chi connectivity index (χ3v) is 4.75. The minimum absolute atomic E-state index is 0.0582. The van der Waals surface area contributed by atoms with E-state index in [0.29, 0.717) is 12.1 Å². The van der Waals surface area contributed by atoms with Crippen molar-refractivity contribution in [2.24, 2.45) is 0 Å². The van der Waals surface area contributed by atoms with Gasteiger partial charge in [-0.05, 0) is 25.7 Å². The van der Waals surface area contributed by atoms with Crippen LogP contribution in [0.15, 0.2) is 0 Å². The molecule has 18 heavy (non-hydrogen) atoms. The van der Waals surface area contributed by atoms with Crippen LogP contribution in [0.5, 0.6) is 0 Å². The van der Waals surface area contributed by atoms with Gasteiger partial charge in [-0.2, -0.15) is 0 Å². The molecule has 0 spiro atoms. The summed E-state index contributed by atoms with van der Waals surface area (Å²) in [4.78, 5) is 13.5. The number of hydrogen-bond donors (Lipinski definition) is 0. The van der Waals surface area contributed by atoms with Gasteiger partial charge in [0, 0.05) is 12.1 Å². The molecule has 2 aliphatic rings. The minimum Gasteiger partial charge on any atom is -0.334 e. The molecule has 0 saturated heterocycles. The van der Waals surface area contributed by atoms with Gasteiger partial charge in [0.2, 0.25) is 0 Å². The molecule has 0 aromatic heterocycles. The second-order valence-electron chi connectivity index (χ2n) is 5.63. The first-order valence-corrected chi connectivity index (χ1v) is 8.18. The summed E-state index contributed by atoms with van der Waals surface area (Å²) in [6.45, 7) is 0. The Morgan fingerprint density at radius 2 is 1.22 bits per heavy atom. The van der Waals surface area contributed by atoms with Crippen LogP contribution in [0.2, 0.25) is 0 Å². The second kappa shape index (κ2) is 7.00. The highest BCUT2D eigenvalue weighted by Crippen LogP contribution is 2.31. The summed E-state index contributed by atoms with van der Waals surface area (Å²) in [6.07, 6.45) is 12.0. The van der Waals surface area contributed by atoms with Gasteiger partial charge in [0.15, 0.2) is 4.84 Å². The second-order valence-corrected chi connectivity index (χ2v) is 6.73. The summed E-state index contributed by atoms with van der Waals surface area (Å²) >= 11 is 11.7. The molecular formula is C14H23Cl2NO. The quantitative estimate of drug-likeness (QED) is 0.711. The maximum atomic E-state index is 12.3. The van der Waals surface area contributed by atoms with Gasteiger partial charge in [-0.15, -0.1) is 0 Å². The maximum absolute atomic E-state index is 12.3. The minimum atomic E-state index is -0.895. The Labute approximate surface area is 120 Å². The summed E-state index contributed by atoms with van der Waals surface area (Å²) < 4.78 is 0. The molecule has 0 aliphatic heterocycles. The predicted octanol–water partition coefficient (Wildman–Crippen LogP) is 4.28. The molecular weight excluding hydrogens is 269 g/mol. The fourth-order valence-corrected chi connectivity index (χ4v) is 3.71. The van der Waals surface area contributed by atoms with Crippen molar-refractivity contribution in [3.63, 3.8) is 0 Å². The summed E-state index contributed by atoms with van der Waals surface area (Å²) in [5.41, 5.74) is 0. The zero-order valence-corrected chi connectivity index (χ0v) is 12.4. The molecule has 2 fully saturated rings. The van der Waals surface area contributed by atoms with E-state index >= 15 is 0 Å². The fraction of sp³-hybridized carbons (Fsp3) is 0.929. The number of alkyl halides is 2. The lowest BCUT2D eigenvalue weighted by molar-refractivity contribution is -0.136. The first kappa shape index (κ1) is 14.5. The van der Waals surface area contributed by atoms with E-state index in [1.54, 1.807) is 0 Å². The van der Waals surface area contributed by atoms with Crippen LogP contribution in [-0.4, -0.2) is 27.7 Å². The van der Waals surface area contributed by atoms with Gasteiger partial charge in [0.1, 0.15) is 0 Å². The molecule has 0 heterocycles. The SMILES string of the molecule is O=C(C(Cl)Cl)N(C1CCCCC1)C1CCCCC1. The van der Waals surface area contributed by atoms with Gasteiger partial charge in [-0.25, -0.2) is 0 Å². The zero-order valence-electron chi connectivity index (χ0n) is 10.9. The van der Waals surface area contributed by atoms with Crippen molar-refractivity contribution in [3.05, 3.63) is 0 Å². The van der Waals surface area contributed by atoms with Crippen molar-refractivity contribution in [3.8, 4) is 0 Å². The van der Waals surface area contributed by atoms with Crippen LogP contribution in [0.1, 0.15) is 64.2 Å². The molecule has 2 rings (SSSR count). The largest absolute Gasteiger partial charge is 0.334 e. The third kappa shape index (κ3) is 3.54. The Morgan fingerprint density at radius 1 is 0.833 bits per heavy atom. The molecule has 0 aromatic rings. The van der Waals surface area contributed by atoms with Gasteiger partial charge < -0.3 is 4.90 Å². The highest BCUT2D eigenvalue weighted by Gasteiger charge is 2.34. The van der Waals surface area contributed by atoms with Gasteiger partial charge in [-0.3, -0.25) is 4.79 Å². The molecule has 2 saturated carbocycles. The van der Waals surface area contributed by atoms with Gasteiger partial charge >= 0.3 is 0 Å². The standard InChI is InChI=1S/C14H23Cl2NO/c15-13(16)14(18)17(11-7-3-1-4-8-11)12-9-5-2-6-10-12/h11-13H,1-10H2. The average Bonchev–Trinajstić information content (AvgIpc) is 2.41. The van der Waals surface area contributed by atoms with Gasteiger partial charge in [0.05, 0.1) is 0 Å². The molecule has 0 unspecified atom stereocenters. The molecule has 0 bridgehead atoms. The molecule has 0 aromatic carbocycles. The van der Waals surface area contributed by atoms with Gasteiger partial charge in [-0.1, -0.05) is 61.7 Å². The monoisotopic (exact) mass is 291 g/mol. The van der Waals surface area contributed by atoms with Crippen LogP contribution >= 0.6 is 23.2 Å². The number of hydrogen-bond acceptors (Lipinski definition) is 1. The Kier molecular flexibility index (Phi) is 5.62. The van der Waals surface area contributed by atoms with Crippen LogP contribution in [0.4, 0.5) is 0 Å². The van der Waals surface area contributed by atoms with E-state index in [4.69, 9.17) is 23.2 Å². The van der Waals surface area contributed by atoms with Crippen molar-refractivity contribution >= 4 is 29.1 Å². The number of carbonyl (C=O) groups is 1. The molecule has 0 atom stereocenters. The third-order valence-electron chi connectivity index (χ3n) is 4.38. The Morgan fingerprint density at radius 3 is 1.56 bits per heavy atom. The lowest BCUT2D eigenvalue weighted by Crippen LogP contribution is -2.50. The van der Waals surface area contributed by atoms with Crippen LogP contribution in [-0.2, 0) is 4.79 Å². The summed E-state index contributed by atoms with van der Waals surface area (Å²) in [5.74, 6) is -0.0582. The van der Waals surface area contributed by atoms with E-state index in [2.05, 4.69) is 4.90 Å². The lowest BCUT2D eigenvalue weighted by Gasteiger charge is -2.42. The predicted molar refractivity (Wildman–Crippen MR) is 76.1 cm³/mol. The molecule has 1 amide bonds. The highest BCUT2D eigenvalue weighted by atomic mass is 35.5. The molecule has 2 nitrogen and oxygen atoms in total. The van der Waals surface area contributed by atoms with Crippen molar-refractivity contribution in [2.75, 3.05) is 0 Å². The molecule has 0 radical (unpaired) electrons. The molecule has 4 heteroatoms. The van der Waals surface area contributed by atoms with E-state index < -0.39 is 4.84 Å². The van der Waals surface area contributed by atoms with Crippen molar-refractivity contribution in [2.45, 2.75) is 81.1 Å². The Balaban J connectivity index is 2.07. The number of carbonyl (C=O) groups excluding carboxylic acids is 1. The molecule has 0 N–H and O–H groups in total. The smallest absolute Gasteiger partial charge is 0.256 e. The Bertz CT molecular complexity index is 253. The van der Waals surface area contributed by atoms with Crippen LogP contribution in [0.25, 0.3) is 0 Å². The van der Waals surface area contributed by atoms with Crippen LogP contribution in [0.3, 0.4) is 0 Å². The zero-order chi connectivity index (χ0) is 13.0. The summed E-state index contributed by atoms with van der Waals surface area (Å²) in [6, 6.07) is 0.767.